The summed E-state index contributed by atoms with van der Waals surface area (Å²) in [5, 5.41) is 15.1. The number of nitrogens with one attached hydrogen (secondary N) is 1. The number of carbonyl (C=O) groups is 1. The Hall–Kier alpha value is -4.80. The molecular weight excluding hydrogens is 467 g/mol. The van der Waals surface area contributed by atoms with Crippen LogP contribution in [0.4, 0.5) is 21.7 Å². The predicted molar refractivity (Wildman–Crippen MR) is 132 cm³/mol. The number of halogens is 1. The monoisotopic (exact) mass is 488 g/mol. The predicted octanol–water partition coefficient (Wildman–Crippen LogP) is 4.34. The Morgan fingerprint density at radius 1 is 1.36 bits per heavy atom. The SMILES string of the molecule is COc1cc(F)c([N+](=O)[O-])cc1Nc1ncc(C=CC(N)=O)c(-c2cn3c4c(cccc24)CCC3)n1. The van der Waals surface area contributed by atoms with Crippen LogP contribution in [-0.4, -0.2) is 32.5 Å². The molecule has 1 amide bonds. The summed E-state index contributed by atoms with van der Waals surface area (Å²) < 4.78 is 21.5. The molecule has 2 aromatic heterocycles. The number of nitrogens with two attached hydrogens (primary N) is 1. The van der Waals surface area contributed by atoms with E-state index < -0.39 is 22.3 Å². The zero-order valence-electron chi connectivity index (χ0n) is 19.2. The third-order valence-corrected chi connectivity index (χ3v) is 6.04. The largest absolute Gasteiger partial charge is 0.494 e. The number of carbonyl (C=O) groups excluding carboxylic acids is 1. The molecule has 2 aromatic carbocycles. The number of methoxy groups -OCH3 is 1. The Balaban J connectivity index is 1.66. The van der Waals surface area contributed by atoms with Gasteiger partial charge in [-0.15, -0.1) is 0 Å². The molecule has 1 aliphatic heterocycles. The highest BCUT2D eigenvalue weighted by atomic mass is 19.1. The highest BCUT2D eigenvalue weighted by Crippen LogP contribution is 2.37. The number of rotatable bonds is 7. The Kier molecular flexibility index (Phi) is 5.80. The molecule has 10 nitrogen and oxygen atoms in total. The van der Waals surface area contributed by atoms with E-state index in [4.69, 9.17) is 10.5 Å². The van der Waals surface area contributed by atoms with Gasteiger partial charge in [0.05, 0.1) is 28.9 Å². The summed E-state index contributed by atoms with van der Waals surface area (Å²) in [5.74, 6) is -1.49. The topological polar surface area (TPSA) is 138 Å². The van der Waals surface area contributed by atoms with Crippen LogP contribution in [0.2, 0.25) is 0 Å². The number of benzene rings is 2. The molecule has 0 radical (unpaired) electrons. The van der Waals surface area contributed by atoms with Crippen LogP contribution in [0.5, 0.6) is 5.75 Å². The molecule has 11 heteroatoms. The molecule has 0 bridgehead atoms. The minimum absolute atomic E-state index is 0.0492. The fourth-order valence-corrected chi connectivity index (χ4v) is 4.48. The quantitative estimate of drug-likeness (QED) is 0.224. The van der Waals surface area contributed by atoms with Crippen molar-refractivity contribution in [3.63, 3.8) is 0 Å². The molecule has 0 spiro atoms. The molecule has 0 fully saturated rings. The van der Waals surface area contributed by atoms with Gasteiger partial charge in [0, 0.05) is 53.7 Å². The Morgan fingerprint density at radius 3 is 2.94 bits per heavy atom. The van der Waals surface area contributed by atoms with Crippen molar-refractivity contribution in [2.75, 3.05) is 12.4 Å². The van der Waals surface area contributed by atoms with E-state index in [1.165, 1.54) is 31.0 Å². The van der Waals surface area contributed by atoms with Gasteiger partial charge in [0.1, 0.15) is 5.75 Å². The molecule has 0 saturated heterocycles. The van der Waals surface area contributed by atoms with Gasteiger partial charge in [-0.3, -0.25) is 14.9 Å². The maximum Gasteiger partial charge on any atom is 0.307 e. The van der Waals surface area contributed by atoms with E-state index in [1.54, 1.807) is 0 Å². The van der Waals surface area contributed by atoms with Crippen molar-refractivity contribution in [3.05, 3.63) is 75.9 Å². The molecule has 0 aliphatic carbocycles. The van der Waals surface area contributed by atoms with Crippen molar-refractivity contribution >= 4 is 40.2 Å². The van der Waals surface area contributed by atoms with Crippen LogP contribution >= 0.6 is 0 Å². The van der Waals surface area contributed by atoms with Gasteiger partial charge >= 0.3 is 5.69 Å². The van der Waals surface area contributed by atoms with Crippen molar-refractivity contribution in [3.8, 4) is 17.0 Å². The maximum absolute atomic E-state index is 14.1. The highest BCUT2D eigenvalue weighted by molar-refractivity contribution is 6.00. The molecule has 0 saturated carbocycles. The average molecular weight is 488 g/mol. The van der Waals surface area contributed by atoms with Gasteiger partial charge < -0.3 is 20.4 Å². The first-order valence-corrected chi connectivity index (χ1v) is 11.1. The Labute approximate surface area is 204 Å². The maximum atomic E-state index is 14.1. The van der Waals surface area contributed by atoms with E-state index in [0.29, 0.717) is 11.3 Å². The minimum Gasteiger partial charge on any atom is -0.494 e. The molecule has 182 valence electrons. The molecule has 5 rings (SSSR count). The van der Waals surface area contributed by atoms with Gasteiger partial charge in [-0.05, 0) is 24.5 Å². The van der Waals surface area contributed by atoms with E-state index in [9.17, 15) is 19.3 Å². The molecule has 1 aliphatic rings. The molecule has 0 unspecified atom stereocenters. The summed E-state index contributed by atoms with van der Waals surface area (Å²) in [6.07, 6.45) is 8.30. The van der Waals surface area contributed by atoms with Crippen LogP contribution in [0.25, 0.3) is 28.2 Å². The van der Waals surface area contributed by atoms with Gasteiger partial charge in [0.15, 0.2) is 0 Å². The van der Waals surface area contributed by atoms with Gasteiger partial charge in [-0.1, -0.05) is 18.2 Å². The molecule has 36 heavy (non-hydrogen) atoms. The lowest BCUT2D eigenvalue weighted by atomic mass is 10.0. The second-order valence-electron chi connectivity index (χ2n) is 8.27. The normalized spacial score (nSPS) is 12.7. The van der Waals surface area contributed by atoms with Crippen LogP contribution in [0.1, 0.15) is 17.5 Å². The zero-order valence-corrected chi connectivity index (χ0v) is 19.2. The number of hydrogen-bond donors (Lipinski definition) is 2. The minimum atomic E-state index is -1.02. The lowest BCUT2D eigenvalue weighted by molar-refractivity contribution is -0.387. The smallest absolute Gasteiger partial charge is 0.307 e. The molecule has 3 heterocycles. The third-order valence-electron chi connectivity index (χ3n) is 6.04. The first-order valence-electron chi connectivity index (χ1n) is 11.1. The number of anilines is 2. The van der Waals surface area contributed by atoms with Crippen molar-refractivity contribution in [2.24, 2.45) is 5.73 Å². The number of aromatic nitrogens is 3. The lowest BCUT2D eigenvalue weighted by Gasteiger charge is -2.14. The van der Waals surface area contributed by atoms with Crippen LogP contribution < -0.4 is 15.8 Å². The lowest BCUT2D eigenvalue weighted by Crippen LogP contribution is -2.06. The van der Waals surface area contributed by atoms with Crippen LogP contribution in [0.3, 0.4) is 0 Å². The van der Waals surface area contributed by atoms with Crippen LogP contribution in [-0.2, 0) is 17.8 Å². The van der Waals surface area contributed by atoms with Gasteiger partial charge in [0.2, 0.25) is 17.7 Å². The van der Waals surface area contributed by atoms with Crippen LogP contribution in [0.15, 0.2) is 48.8 Å². The summed E-state index contributed by atoms with van der Waals surface area (Å²) in [6.45, 7) is 0.868. The van der Waals surface area contributed by atoms with Gasteiger partial charge in [-0.25, -0.2) is 9.97 Å². The zero-order chi connectivity index (χ0) is 25.4. The van der Waals surface area contributed by atoms with E-state index in [2.05, 4.69) is 25.9 Å². The molecular formula is C25H21FN6O4. The molecule has 3 N–H and O–H groups in total. The van der Waals surface area contributed by atoms with Crippen molar-refractivity contribution < 1.29 is 18.8 Å². The number of nitro benzene ring substituents is 1. The second kappa shape index (κ2) is 9.10. The summed E-state index contributed by atoms with van der Waals surface area (Å²) in [4.78, 5) is 30.8. The number of nitro groups is 1. The Morgan fingerprint density at radius 2 is 2.19 bits per heavy atom. The van der Waals surface area contributed by atoms with Crippen molar-refractivity contribution in [1.82, 2.24) is 14.5 Å². The first-order chi connectivity index (χ1) is 17.4. The average Bonchev–Trinajstić information content (AvgIpc) is 3.24. The number of aryl methyl sites for hydroxylation is 2. The summed E-state index contributed by atoms with van der Waals surface area (Å²) in [5.41, 5.74) is 9.01. The third kappa shape index (κ3) is 4.11. The number of nitrogens with zero attached hydrogens (tertiary/aromatic N) is 4. The summed E-state index contributed by atoms with van der Waals surface area (Å²) in [6, 6.07) is 8.07. The van der Waals surface area contributed by atoms with E-state index in [0.717, 1.165) is 48.0 Å². The standard InChI is InChI=1S/C25H21FN6O4/c1-36-21-10-18(26)20(32(34)35)11-19(21)29-25-28-12-15(7-8-22(27)33)23(30-25)17-13-31-9-3-5-14-4-2-6-16(17)24(14)31/h2,4,6-8,10-13H,3,5,9H2,1H3,(H2,27,33)(H,28,29,30). The van der Waals surface area contributed by atoms with Gasteiger partial charge in [0.25, 0.3) is 0 Å². The summed E-state index contributed by atoms with van der Waals surface area (Å²) >= 11 is 0. The van der Waals surface area contributed by atoms with Crippen molar-refractivity contribution in [2.45, 2.75) is 19.4 Å². The number of primary amides is 1. The van der Waals surface area contributed by atoms with E-state index in [1.807, 2.05) is 18.3 Å². The van der Waals surface area contributed by atoms with Gasteiger partial charge in [-0.2, -0.15) is 4.39 Å². The summed E-state index contributed by atoms with van der Waals surface area (Å²) in [7, 11) is 1.32. The number of hydrogen-bond acceptors (Lipinski definition) is 7. The highest BCUT2D eigenvalue weighted by Gasteiger charge is 2.22. The molecule has 0 atom stereocenters. The molecule has 4 aromatic rings. The Bertz CT molecular complexity index is 1560. The van der Waals surface area contributed by atoms with Crippen molar-refractivity contribution in [1.29, 1.82) is 0 Å². The van der Waals surface area contributed by atoms with Crippen LogP contribution in [0, 0.1) is 15.9 Å². The number of para-hydroxylation sites is 1. The van der Waals surface area contributed by atoms with E-state index >= 15 is 0 Å². The second-order valence-corrected chi connectivity index (χ2v) is 8.27. The number of amides is 1. The fourth-order valence-electron chi connectivity index (χ4n) is 4.48. The first kappa shape index (κ1) is 23.0. The number of ether oxygens (including phenoxy) is 1. The fraction of sp³-hybridized carbons (Fsp3) is 0.160. The van der Waals surface area contributed by atoms with E-state index in [-0.39, 0.29) is 17.4 Å².